The zero-order chi connectivity index (χ0) is 20.1. The van der Waals surface area contributed by atoms with Gasteiger partial charge in [-0.15, -0.1) is 0 Å². The van der Waals surface area contributed by atoms with Crippen molar-refractivity contribution in [1.82, 2.24) is 5.32 Å². The minimum Gasteiger partial charge on any atom is -0.462 e. The predicted molar refractivity (Wildman–Crippen MR) is 109 cm³/mol. The lowest BCUT2D eigenvalue weighted by Gasteiger charge is -2.30. The van der Waals surface area contributed by atoms with E-state index >= 15 is 0 Å². The summed E-state index contributed by atoms with van der Waals surface area (Å²) in [5.41, 5.74) is 1.31. The largest absolute Gasteiger partial charge is 0.462 e. The fourth-order valence-corrected chi connectivity index (χ4v) is 2.93. The second-order valence-corrected chi connectivity index (χ2v) is 6.22. The number of rotatable bonds is 5. The average molecular weight is 395 g/mol. The summed E-state index contributed by atoms with van der Waals surface area (Å²) in [4.78, 5) is 42.4. The van der Waals surface area contributed by atoms with Gasteiger partial charge in [0.2, 0.25) is 5.91 Å². The molecule has 1 saturated heterocycles. The lowest BCUT2D eigenvalue weighted by molar-refractivity contribution is -0.130. The summed E-state index contributed by atoms with van der Waals surface area (Å²) >= 11 is 5.14. The summed E-state index contributed by atoms with van der Waals surface area (Å²) in [5.74, 6) is -2.65. The number of carbonyl (C=O) groups excluding carboxylic acids is 3. The van der Waals surface area contributed by atoms with E-state index in [-0.39, 0.29) is 11.7 Å². The first-order chi connectivity index (χ1) is 13.5. The smallest absolute Gasteiger partial charge is 0.338 e. The second-order valence-electron chi connectivity index (χ2n) is 5.83. The van der Waals surface area contributed by atoms with Crippen molar-refractivity contribution >= 4 is 52.7 Å². The number of aliphatic imine (C=N–C) groups is 1. The van der Waals surface area contributed by atoms with E-state index in [1.807, 2.05) is 6.07 Å². The Bertz CT molecular complexity index is 959. The van der Waals surface area contributed by atoms with Crippen molar-refractivity contribution in [3.05, 3.63) is 60.2 Å². The van der Waals surface area contributed by atoms with Crippen LogP contribution in [0.4, 0.5) is 11.4 Å². The van der Waals surface area contributed by atoms with E-state index in [1.165, 1.54) is 17.2 Å². The Morgan fingerprint density at radius 2 is 1.96 bits per heavy atom. The third-order valence-corrected chi connectivity index (χ3v) is 4.23. The average Bonchev–Trinajstić information content (AvgIpc) is 2.69. The van der Waals surface area contributed by atoms with E-state index in [0.29, 0.717) is 16.9 Å². The van der Waals surface area contributed by atoms with Gasteiger partial charge in [0.05, 0.1) is 23.5 Å². The highest BCUT2D eigenvalue weighted by Gasteiger charge is 2.38. The van der Waals surface area contributed by atoms with E-state index in [2.05, 4.69) is 10.3 Å². The Balaban J connectivity index is 1.84. The van der Waals surface area contributed by atoms with Crippen LogP contribution in [0.3, 0.4) is 0 Å². The minimum absolute atomic E-state index is 0.0233. The number of nitrogens with zero attached hydrogens (tertiary/aromatic N) is 2. The van der Waals surface area contributed by atoms with Gasteiger partial charge >= 0.3 is 5.97 Å². The Kier molecular flexibility index (Phi) is 5.90. The zero-order valence-corrected chi connectivity index (χ0v) is 15.8. The van der Waals surface area contributed by atoms with Gasteiger partial charge in [-0.05, 0) is 49.5 Å². The number of esters is 1. The standard InChI is InChI=1S/C20H17N3O4S/c1-2-27-19(26)13-7-6-8-14(11-13)21-12-16-17(24)22-20(28)23(18(16)25)15-9-4-3-5-10-15/h3-12,16H,2H2,1H3,(H,22,24,28)/t16-/m1/s1. The number of carbonyl (C=O) groups is 3. The number of amides is 2. The summed E-state index contributed by atoms with van der Waals surface area (Å²) in [6.45, 7) is 1.98. The molecule has 142 valence electrons. The maximum absolute atomic E-state index is 12.8. The van der Waals surface area contributed by atoms with Crippen LogP contribution in [0, 0.1) is 5.92 Å². The second kappa shape index (κ2) is 8.53. The van der Waals surface area contributed by atoms with Crippen LogP contribution in [-0.2, 0) is 14.3 Å². The Hall–Kier alpha value is -3.39. The first kappa shape index (κ1) is 19.4. The quantitative estimate of drug-likeness (QED) is 0.364. The molecule has 0 saturated carbocycles. The van der Waals surface area contributed by atoms with Gasteiger partial charge in [-0.2, -0.15) is 0 Å². The molecule has 0 radical (unpaired) electrons. The number of nitrogens with one attached hydrogen (secondary N) is 1. The molecule has 0 spiro atoms. The highest BCUT2D eigenvalue weighted by molar-refractivity contribution is 7.80. The lowest BCUT2D eigenvalue weighted by atomic mass is 10.1. The van der Waals surface area contributed by atoms with Gasteiger partial charge in [-0.25, -0.2) is 4.79 Å². The van der Waals surface area contributed by atoms with Gasteiger partial charge in [-0.3, -0.25) is 19.5 Å². The van der Waals surface area contributed by atoms with Gasteiger partial charge < -0.3 is 10.1 Å². The molecule has 7 nitrogen and oxygen atoms in total. The maximum Gasteiger partial charge on any atom is 0.338 e. The summed E-state index contributed by atoms with van der Waals surface area (Å²) in [6, 6.07) is 15.2. The van der Waals surface area contributed by atoms with E-state index < -0.39 is 23.7 Å². The number of para-hydroxylation sites is 1. The number of anilines is 1. The fourth-order valence-electron chi connectivity index (χ4n) is 2.63. The van der Waals surface area contributed by atoms with Gasteiger partial charge in [-0.1, -0.05) is 24.3 Å². The normalized spacial score (nSPS) is 17.0. The van der Waals surface area contributed by atoms with Crippen LogP contribution in [-0.4, -0.2) is 35.7 Å². The van der Waals surface area contributed by atoms with Crippen LogP contribution < -0.4 is 10.2 Å². The first-order valence-corrected chi connectivity index (χ1v) is 8.97. The fraction of sp³-hybridized carbons (Fsp3) is 0.150. The molecule has 28 heavy (non-hydrogen) atoms. The highest BCUT2D eigenvalue weighted by Crippen LogP contribution is 2.21. The van der Waals surface area contributed by atoms with Gasteiger partial charge in [0, 0.05) is 6.21 Å². The van der Waals surface area contributed by atoms with Gasteiger partial charge in [0.15, 0.2) is 11.0 Å². The summed E-state index contributed by atoms with van der Waals surface area (Å²) < 4.78 is 4.96. The number of ether oxygens (including phenoxy) is 1. The molecule has 1 heterocycles. The molecule has 2 aromatic carbocycles. The van der Waals surface area contributed by atoms with Crippen molar-refractivity contribution in [2.24, 2.45) is 10.9 Å². The van der Waals surface area contributed by atoms with Crippen molar-refractivity contribution in [2.75, 3.05) is 11.5 Å². The summed E-state index contributed by atoms with van der Waals surface area (Å²) in [5, 5.41) is 2.55. The molecule has 0 aromatic heterocycles. The lowest BCUT2D eigenvalue weighted by Crippen LogP contribution is -2.58. The van der Waals surface area contributed by atoms with Crippen LogP contribution >= 0.6 is 12.2 Å². The van der Waals surface area contributed by atoms with Gasteiger partial charge in [0.25, 0.3) is 5.91 Å². The molecule has 2 amide bonds. The molecule has 2 aromatic rings. The van der Waals surface area contributed by atoms with Crippen molar-refractivity contribution in [1.29, 1.82) is 0 Å². The molecular weight excluding hydrogens is 378 g/mol. The topological polar surface area (TPSA) is 88.1 Å². The number of hydrogen-bond donors (Lipinski definition) is 1. The van der Waals surface area contributed by atoms with E-state index in [9.17, 15) is 14.4 Å². The molecule has 1 atom stereocenters. The van der Waals surface area contributed by atoms with E-state index in [4.69, 9.17) is 17.0 Å². The highest BCUT2D eigenvalue weighted by atomic mass is 32.1. The summed E-state index contributed by atoms with van der Waals surface area (Å²) in [7, 11) is 0. The van der Waals surface area contributed by atoms with Crippen LogP contribution in [0.15, 0.2) is 59.6 Å². The molecule has 1 aliphatic heterocycles. The van der Waals surface area contributed by atoms with Crippen molar-refractivity contribution in [3.8, 4) is 0 Å². The molecule has 1 N–H and O–H groups in total. The van der Waals surface area contributed by atoms with Crippen LogP contribution in [0.1, 0.15) is 17.3 Å². The Morgan fingerprint density at radius 3 is 2.68 bits per heavy atom. The van der Waals surface area contributed by atoms with Crippen molar-refractivity contribution < 1.29 is 19.1 Å². The first-order valence-electron chi connectivity index (χ1n) is 8.56. The molecule has 1 aliphatic rings. The molecule has 0 bridgehead atoms. The summed E-state index contributed by atoms with van der Waals surface area (Å²) in [6.07, 6.45) is 1.25. The maximum atomic E-state index is 12.8. The number of hydrogen-bond acceptors (Lipinski definition) is 6. The zero-order valence-electron chi connectivity index (χ0n) is 15.0. The third kappa shape index (κ3) is 4.12. The molecule has 8 heteroatoms. The molecule has 1 fully saturated rings. The molecule has 0 unspecified atom stereocenters. The van der Waals surface area contributed by atoms with Crippen LogP contribution in [0.2, 0.25) is 0 Å². The van der Waals surface area contributed by atoms with Crippen molar-refractivity contribution in [2.45, 2.75) is 6.92 Å². The monoisotopic (exact) mass is 395 g/mol. The van der Waals surface area contributed by atoms with Gasteiger partial charge in [0.1, 0.15) is 0 Å². The van der Waals surface area contributed by atoms with E-state index in [1.54, 1.807) is 49.4 Å². The molecule has 3 rings (SSSR count). The van der Waals surface area contributed by atoms with Crippen molar-refractivity contribution in [3.63, 3.8) is 0 Å². The Labute approximate surface area is 167 Å². The SMILES string of the molecule is CCOC(=O)c1cccc(N=C[C@@H]2C(=O)NC(=S)N(c3ccccc3)C2=O)c1. The minimum atomic E-state index is -1.14. The van der Waals surface area contributed by atoms with Crippen LogP contribution in [0.25, 0.3) is 0 Å². The Morgan fingerprint density at radius 1 is 1.21 bits per heavy atom. The molecule has 0 aliphatic carbocycles. The molecular formula is C20H17N3O4S. The number of thiocarbonyl (C=S) groups is 1. The third-order valence-electron chi connectivity index (χ3n) is 3.95. The predicted octanol–water partition coefficient (Wildman–Crippen LogP) is 2.63. The van der Waals surface area contributed by atoms with Crippen LogP contribution in [0.5, 0.6) is 0 Å². The number of benzene rings is 2. The van der Waals surface area contributed by atoms with E-state index in [0.717, 1.165) is 0 Å².